The molecule has 0 radical (unpaired) electrons. The number of para-hydroxylation sites is 2. The molecule has 4 nitrogen and oxygen atoms in total. The molecule has 1 amide bonds. The van der Waals surface area contributed by atoms with Crippen LogP contribution < -0.4 is 10.1 Å². The molecule has 0 spiro atoms. The third-order valence-corrected chi connectivity index (χ3v) is 4.26. The second kappa shape index (κ2) is 7.44. The number of rotatable bonds is 5. The number of anilines is 1. The van der Waals surface area contributed by atoms with Gasteiger partial charge in [0.1, 0.15) is 11.8 Å². The van der Waals surface area contributed by atoms with Gasteiger partial charge in [0, 0.05) is 16.1 Å². The summed E-state index contributed by atoms with van der Waals surface area (Å²) in [5.74, 6) is 0.133. The van der Waals surface area contributed by atoms with Gasteiger partial charge in [-0.05, 0) is 29.6 Å². The lowest BCUT2D eigenvalue weighted by Gasteiger charge is -2.11. The van der Waals surface area contributed by atoms with E-state index < -0.39 is 0 Å². The van der Waals surface area contributed by atoms with Crippen LogP contribution in [0.25, 0.3) is 10.4 Å². The molecule has 1 heterocycles. The first-order valence-electron chi connectivity index (χ1n) is 7.32. The molecule has 0 saturated heterocycles. The highest BCUT2D eigenvalue weighted by molar-refractivity contribution is 7.13. The summed E-state index contributed by atoms with van der Waals surface area (Å²) in [5.41, 5.74) is 2.12. The van der Waals surface area contributed by atoms with Crippen molar-refractivity contribution in [2.75, 3.05) is 11.9 Å². The molecule has 0 saturated carbocycles. The summed E-state index contributed by atoms with van der Waals surface area (Å²) in [6.07, 6.45) is 0. The van der Waals surface area contributed by atoms with Gasteiger partial charge in [0.2, 0.25) is 0 Å². The van der Waals surface area contributed by atoms with Crippen molar-refractivity contribution in [2.45, 2.75) is 0 Å². The predicted molar refractivity (Wildman–Crippen MR) is 95.0 cm³/mol. The second-order valence-corrected chi connectivity index (χ2v) is 5.92. The van der Waals surface area contributed by atoms with E-state index in [-0.39, 0.29) is 12.5 Å². The van der Waals surface area contributed by atoms with E-state index in [1.807, 2.05) is 47.8 Å². The van der Waals surface area contributed by atoms with Crippen LogP contribution in [0.15, 0.2) is 66.0 Å². The summed E-state index contributed by atoms with van der Waals surface area (Å²) in [6.45, 7) is -0.155. The lowest BCUT2D eigenvalue weighted by Crippen LogP contribution is -2.20. The van der Waals surface area contributed by atoms with E-state index in [0.29, 0.717) is 11.3 Å². The average molecular weight is 334 g/mol. The third-order valence-electron chi connectivity index (χ3n) is 3.35. The Bertz CT molecular complexity index is 882. The first-order chi connectivity index (χ1) is 11.8. The fraction of sp³-hybridized carbons (Fsp3) is 0.0526. The lowest BCUT2D eigenvalue weighted by molar-refractivity contribution is -0.118. The van der Waals surface area contributed by atoms with Gasteiger partial charge in [0.05, 0.1) is 5.56 Å². The fourth-order valence-electron chi connectivity index (χ4n) is 2.25. The fourth-order valence-corrected chi connectivity index (χ4v) is 3.02. The van der Waals surface area contributed by atoms with Gasteiger partial charge in [-0.15, -0.1) is 11.3 Å². The molecule has 2 aromatic carbocycles. The van der Waals surface area contributed by atoms with Crippen LogP contribution >= 0.6 is 11.3 Å². The number of nitrogens with one attached hydrogen (secondary N) is 1. The zero-order valence-corrected chi connectivity index (χ0v) is 13.5. The van der Waals surface area contributed by atoms with Crippen LogP contribution in [0.1, 0.15) is 5.56 Å². The van der Waals surface area contributed by atoms with Crippen molar-refractivity contribution < 1.29 is 9.53 Å². The van der Waals surface area contributed by atoms with E-state index >= 15 is 0 Å². The first-order valence-corrected chi connectivity index (χ1v) is 8.20. The highest BCUT2D eigenvalue weighted by Crippen LogP contribution is 2.31. The summed E-state index contributed by atoms with van der Waals surface area (Å²) < 4.78 is 5.46. The minimum Gasteiger partial charge on any atom is -0.482 e. The molecule has 5 heteroatoms. The molecule has 3 rings (SSSR count). The lowest BCUT2D eigenvalue weighted by atomic mass is 10.1. The molecule has 24 heavy (non-hydrogen) atoms. The number of ether oxygens (including phenoxy) is 1. The van der Waals surface area contributed by atoms with Crippen LogP contribution in [-0.4, -0.2) is 12.5 Å². The molecule has 1 aromatic heterocycles. The number of amides is 1. The number of hydrogen-bond acceptors (Lipinski definition) is 4. The Kier molecular flexibility index (Phi) is 4.90. The maximum atomic E-state index is 12.2. The maximum Gasteiger partial charge on any atom is 0.262 e. The first kappa shape index (κ1) is 15.8. The van der Waals surface area contributed by atoms with Gasteiger partial charge < -0.3 is 10.1 Å². The molecule has 0 aliphatic rings. The minimum atomic E-state index is -0.272. The van der Waals surface area contributed by atoms with Gasteiger partial charge in [-0.3, -0.25) is 4.79 Å². The highest BCUT2D eigenvalue weighted by atomic mass is 32.1. The van der Waals surface area contributed by atoms with Crippen LogP contribution in [0.5, 0.6) is 5.75 Å². The Morgan fingerprint density at radius 1 is 1.08 bits per heavy atom. The van der Waals surface area contributed by atoms with Crippen molar-refractivity contribution in [1.29, 1.82) is 5.26 Å². The Morgan fingerprint density at radius 3 is 2.67 bits per heavy atom. The summed E-state index contributed by atoms with van der Waals surface area (Å²) in [4.78, 5) is 13.3. The minimum absolute atomic E-state index is 0.155. The zero-order valence-electron chi connectivity index (χ0n) is 12.7. The second-order valence-electron chi connectivity index (χ2n) is 4.97. The smallest absolute Gasteiger partial charge is 0.262 e. The van der Waals surface area contributed by atoms with Crippen molar-refractivity contribution in [3.63, 3.8) is 0 Å². The number of thiophene rings is 1. The zero-order chi connectivity index (χ0) is 16.8. The Balaban J connectivity index is 1.69. The van der Waals surface area contributed by atoms with Crippen molar-refractivity contribution in [2.24, 2.45) is 0 Å². The van der Waals surface area contributed by atoms with Gasteiger partial charge in [0.25, 0.3) is 5.91 Å². The monoisotopic (exact) mass is 334 g/mol. The Hall–Kier alpha value is -3.10. The van der Waals surface area contributed by atoms with Crippen LogP contribution in [0.2, 0.25) is 0 Å². The third kappa shape index (κ3) is 3.62. The van der Waals surface area contributed by atoms with Crippen LogP contribution in [0.3, 0.4) is 0 Å². The molecule has 0 bridgehead atoms. The van der Waals surface area contributed by atoms with Crippen LogP contribution in [0.4, 0.5) is 5.69 Å². The number of nitrogens with zero attached hydrogens (tertiary/aromatic N) is 1. The number of nitriles is 1. The van der Waals surface area contributed by atoms with Crippen LogP contribution in [-0.2, 0) is 4.79 Å². The molecule has 0 aliphatic heterocycles. The number of carbonyl (C=O) groups excluding carboxylic acids is 1. The standard InChI is InChI=1S/C19H14N2O2S/c20-12-14-6-1-4-9-17(14)23-13-19(22)21-16-8-3-2-7-15(16)18-10-5-11-24-18/h1-11H,13H2,(H,21,22). The molecule has 0 aliphatic carbocycles. The number of carbonyl (C=O) groups is 1. The summed E-state index contributed by atoms with van der Waals surface area (Å²) in [6, 6.07) is 20.5. The topological polar surface area (TPSA) is 62.1 Å². The Labute approximate surface area is 143 Å². The maximum absolute atomic E-state index is 12.2. The van der Waals surface area contributed by atoms with E-state index in [1.54, 1.807) is 35.6 Å². The van der Waals surface area contributed by atoms with Crippen LogP contribution in [0, 0.1) is 11.3 Å². The predicted octanol–water partition coefficient (Wildman–Crippen LogP) is 4.30. The number of hydrogen-bond donors (Lipinski definition) is 1. The molecular formula is C19H14N2O2S. The summed E-state index contributed by atoms with van der Waals surface area (Å²) >= 11 is 1.61. The van der Waals surface area contributed by atoms with Gasteiger partial charge in [-0.25, -0.2) is 0 Å². The molecule has 0 unspecified atom stereocenters. The van der Waals surface area contributed by atoms with Gasteiger partial charge >= 0.3 is 0 Å². The molecule has 118 valence electrons. The largest absolute Gasteiger partial charge is 0.482 e. The van der Waals surface area contributed by atoms with Gasteiger partial charge in [-0.2, -0.15) is 5.26 Å². The highest BCUT2D eigenvalue weighted by Gasteiger charge is 2.10. The SMILES string of the molecule is N#Cc1ccccc1OCC(=O)Nc1ccccc1-c1cccs1. The van der Waals surface area contributed by atoms with Crippen molar-refractivity contribution in [3.8, 4) is 22.3 Å². The molecular weight excluding hydrogens is 320 g/mol. The van der Waals surface area contributed by atoms with E-state index in [1.165, 1.54) is 0 Å². The van der Waals surface area contributed by atoms with Gasteiger partial charge in [-0.1, -0.05) is 36.4 Å². The van der Waals surface area contributed by atoms with Crippen molar-refractivity contribution >= 4 is 22.9 Å². The summed E-state index contributed by atoms with van der Waals surface area (Å²) in [5, 5.41) is 13.9. The van der Waals surface area contributed by atoms with E-state index in [2.05, 4.69) is 5.32 Å². The molecule has 0 fully saturated rings. The average Bonchev–Trinajstić information content (AvgIpc) is 3.15. The Morgan fingerprint density at radius 2 is 1.88 bits per heavy atom. The molecule has 3 aromatic rings. The van der Waals surface area contributed by atoms with Crippen molar-refractivity contribution in [3.05, 3.63) is 71.6 Å². The van der Waals surface area contributed by atoms with E-state index in [0.717, 1.165) is 16.1 Å². The summed E-state index contributed by atoms with van der Waals surface area (Å²) in [7, 11) is 0. The quantitative estimate of drug-likeness (QED) is 0.756. The molecule has 1 N–H and O–H groups in total. The molecule has 0 atom stereocenters. The van der Waals surface area contributed by atoms with E-state index in [4.69, 9.17) is 10.00 Å². The number of benzene rings is 2. The van der Waals surface area contributed by atoms with E-state index in [9.17, 15) is 4.79 Å². The van der Waals surface area contributed by atoms with Crippen molar-refractivity contribution in [1.82, 2.24) is 0 Å². The van der Waals surface area contributed by atoms with Gasteiger partial charge in [0.15, 0.2) is 6.61 Å². The normalized spacial score (nSPS) is 9.96.